The second-order valence-electron chi connectivity index (χ2n) is 3.23. The topological polar surface area (TPSA) is 37.3 Å². The van der Waals surface area contributed by atoms with Crippen molar-refractivity contribution in [3.63, 3.8) is 0 Å². The molecule has 17 heavy (non-hydrogen) atoms. The second-order valence-corrected chi connectivity index (χ2v) is 4.00. The van der Waals surface area contributed by atoms with Crippen LogP contribution >= 0.6 is 23.2 Å². The lowest BCUT2D eigenvalue weighted by Gasteiger charge is -2.01. The van der Waals surface area contributed by atoms with E-state index in [2.05, 4.69) is 15.5 Å². The quantitative estimate of drug-likeness (QED) is 0.520. The van der Waals surface area contributed by atoms with Gasteiger partial charge in [-0.15, -0.1) is 0 Å². The maximum Gasteiger partial charge on any atom is 0.139 e. The molecule has 5 heteroatoms. The SMILES string of the molecule is Clc1ccnc(Cl)c1/C=N/Nc1ccccc1. The lowest BCUT2D eigenvalue weighted by molar-refractivity contribution is 1.30. The van der Waals surface area contributed by atoms with Crippen LogP contribution in [-0.2, 0) is 0 Å². The standard InChI is InChI=1S/C12H9Cl2N3/c13-11-6-7-15-12(14)10(11)8-16-17-9-4-2-1-3-5-9/h1-8,17H/b16-8+. The summed E-state index contributed by atoms with van der Waals surface area (Å²) in [5, 5.41) is 4.90. The zero-order chi connectivity index (χ0) is 12.1. The van der Waals surface area contributed by atoms with Gasteiger partial charge in [0, 0.05) is 6.20 Å². The Balaban J connectivity index is 2.11. The number of nitrogens with one attached hydrogen (secondary N) is 1. The predicted molar refractivity (Wildman–Crippen MR) is 71.9 cm³/mol. The molecule has 86 valence electrons. The van der Waals surface area contributed by atoms with Crippen molar-refractivity contribution < 1.29 is 0 Å². The molecule has 0 aliphatic rings. The summed E-state index contributed by atoms with van der Waals surface area (Å²) in [7, 11) is 0. The molecule has 0 atom stereocenters. The van der Waals surface area contributed by atoms with Gasteiger partial charge in [-0.3, -0.25) is 5.43 Å². The molecule has 0 aliphatic carbocycles. The highest BCUT2D eigenvalue weighted by Gasteiger charge is 2.02. The van der Waals surface area contributed by atoms with Gasteiger partial charge in [0.2, 0.25) is 0 Å². The first-order valence-electron chi connectivity index (χ1n) is 4.91. The van der Waals surface area contributed by atoms with Gasteiger partial charge in [-0.05, 0) is 18.2 Å². The van der Waals surface area contributed by atoms with Gasteiger partial charge < -0.3 is 0 Å². The highest BCUT2D eigenvalue weighted by atomic mass is 35.5. The monoisotopic (exact) mass is 265 g/mol. The van der Waals surface area contributed by atoms with Crippen molar-refractivity contribution in [3.8, 4) is 0 Å². The zero-order valence-corrected chi connectivity index (χ0v) is 10.3. The maximum absolute atomic E-state index is 5.97. The van der Waals surface area contributed by atoms with Crippen LogP contribution in [-0.4, -0.2) is 11.2 Å². The number of halogens is 2. The predicted octanol–water partition coefficient (Wildman–Crippen LogP) is 3.83. The summed E-state index contributed by atoms with van der Waals surface area (Å²) in [6, 6.07) is 11.2. The molecule has 0 aliphatic heterocycles. The largest absolute Gasteiger partial charge is 0.279 e. The Morgan fingerprint density at radius 1 is 1.12 bits per heavy atom. The summed E-state index contributed by atoms with van der Waals surface area (Å²) in [6.45, 7) is 0. The van der Waals surface area contributed by atoms with Gasteiger partial charge in [-0.1, -0.05) is 41.4 Å². The molecule has 0 bridgehead atoms. The smallest absolute Gasteiger partial charge is 0.139 e. The summed E-state index contributed by atoms with van der Waals surface area (Å²) >= 11 is 11.9. The van der Waals surface area contributed by atoms with Gasteiger partial charge in [-0.2, -0.15) is 5.10 Å². The Kier molecular flexibility index (Phi) is 3.96. The number of hydrazone groups is 1. The number of para-hydroxylation sites is 1. The van der Waals surface area contributed by atoms with Crippen molar-refractivity contribution in [2.24, 2.45) is 5.10 Å². The van der Waals surface area contributed by atoms with Gasteiger partial charge in [0.1, 0.15) is 5.15 Å². The van der Waals surface area contributed by atoms with E-state index in [0.717, 1.165) is 5.69 Å². The first-order valence-corrected chi connectivity index (χ1v) is 5.67. The normalized spacial score (nSPS) is 10.7. The molecular weight excluding hydrogens is 257 g/mol. The van der Waals surface area contributed by atoms with Crippen LogP contribution in [0.3, 0.4) is 0 Å². The van der Waals surface area contributed by atoms with Crippen molar-refractivity contribution in [2.45, 2.75) is 0 Å². The second kappa shape index (κ2) is 5.66. The van der Waals surface area contributed by atoms with Gasteiger partial charge in [0.05, 0.1) is 22.5 Å². The Morgan fingerprint density at radius 3 is 2.59 bits per heavy atom. The Hall–Kier alpha value is -1.58. The van der Waals surface area contributed by atoms with E-state index in [4.69, 9.17) is 23.2 Å². The van der Waals surface area contributed by atoms with Crippen LogP contribution in [0.25, 0.3) is 0 Å². The summed E-state index contributed by atoms with van der Waals surface area (Å²) in [5.41, 5.74) is 4.36. The lowest BCUT2D eigenvalue weighted by Crippen LogP contribution is -1.93. The average Bonchev–Trinajstić information content (AvgIpc) is 2.34. The van der Waals surface area contributed by atoms with Crippen LogP contribution < -0.4 is 5.43 Å². The molecule has 1 N–H and O–H groups in total. The first-order chi connectivity index (χ1) is 8.27. The molecule has 1 aromatic heterocycles. The molecule has 0 fully saturated rings. The van der Waals surface area contributed by atoms with Crippen LogP contribution in [0.2, 0.25) is 10.2 Å². The lowest BCUT2D eigenvalue weighted by atomic mass is 10.3. The fourth-order valence-electron chi connectivity index (χ4n) is 1.22. The number of nitrogens with zero attached hydrogens (tertiary/aromatic N) is 2. The molecule has 2 rings (SSSR count). The van der Waals surface area contributed by atoms with Crippen molar-refractivity contribution in [1.29, 1.82) is 0 Å². The summed E-state index contributed by atoms with van der Waals surface area (Å²) in [4.78, 5) is 3.93. The van der Waals surface area contributed by atoms with Crippen LogP contribution in [0.1, 0.15) is 5.56 Å². The van der Waals surface area contributed by atoms with E-state index in [9.17, 15) is 0 Å². The molecule has 2 aromatic rings. The third-order valence-electron chi connectivity index (χ3n) is 2.05. The van der Waals surface area contributed by atoms with Crippen molar-refractivity contribution in [2.75, 3.05) is 5.43 Å². The number of hydrogen-bond acceptors (Lipinski definition) is 3. The van der Waals surface area contributed by atoms with E-state index in [1.165, 1.54) is 0 Å². The molecule has 0 saturated heterocycles. The van der Waals surface area contributed by atoms with E-state index < -0.39 is 0 Å². The molecule has 0 radical (unpaired) electrons. The van der Waals surface area contributed by atoms with Crippen molar-refractivity contribution in [3.05, 3.63) is 58.3 Å². The molecule has 1 heterocycles. The molecule has 1 aromatic carbocycles. The summed E-state index contributed by atoms with van der Waals surface area (Å²) in [6.07, 6.45) is 3.09. The van der Waals surface area contributed by atoms with E-state index >= 15 is 0 Å². The summed E-state index contributed by atoms with van der Waals surface area (Å²) in [5.74, 6) is 0. The van der Waals surface area contributed by atoms with E-state index in [1.807, 2.05) is 30.3 Å². The first kappa shape index (κ1) is 11.9. The number of rotatable bonds is 3. The minimum atomic E-state index is 0.330. The number of anilines is 1. The van der Waals surface area contributed by atoms with Crippen LogP contribution in [0, 0.1) is 0 Å². The van der Waals surface area contributed by atoms with Crippen LogP contribution in [0.15, 0.2) is 47.7 Å². The number of pyridine rings is 1. The molecule has 0 unspecified atom stereocenters. The maximum atomic E-state index is 5.97. The molecule has 0 saturated carbocycles. The Morgan fingerprint density at radius 2 is 1.88 bits per heavy atom. The molecule has 0 spiro atoms. The highest BCUT2D eigenvalue weighted by Crippen LogP contribution is 2.19. The average molecular weight is 266 g/mol. The number of benzene rings is 1. The number of hydrogen-bond donors (Lipinski definition) is 1. The van der Waals surface area contributed by atoms with Gasteiger partial charge in [0.25, 0.3) is 0 Å². The van der Waals surface area contributed by atoms with Gasteiger partial charge in [0.15, 0.2) is 0 Å². The van der Waals surface area contributed by atoms with Gasteiger partial charge in [-0.25, -0.2) is 4.98 Å². The van der Waals surface area contributed by atoms with Crippen LogP contribution in [0.4, 0.5) is 5.69 Å². The molecular formula is C12H9Cl2N3. The fourth-order valence-corrected chi connectivity index (χ4v) is 1.67. The zero-order valence-electron chi connectivity index (χ0n) is 8.77. The highest BCUT2D eigenvalue weighted by molar-refractivity contribution is 6.37. The van der Waals surface area contributed by atoms with Crippen molar-refractivity contribution >= 4 is 35.1 Å². The minimum Gasteiger partial charge on any atom is -0.279 e. The summed E-state index contributed by atoms with van der Waals surface area (Å²) < 4.78 is 0. The van der Waals surface area contributed by atoms with E-state index in [0.29, 0.717) is 15.7 Å². The van der Waals surface area contributed by atoms with Gasteiger partial charge >= 0.3 is 0 Å². The minimum absolute atomic E-state index is 0.330. The number of aromatic nitrogens is 1. The molecule has 0 amide bonds. The fraction of sp³-hybridized carbons (Fsp3) is 0. The van der Waals surface area contributed by atoms with Crippen molar-refractivity contribution in [1.82, 2.24) is 4.98 Å². The van der Waals surface area contributed by atoms with E-state index in [-0.39, 0.29) is 0 Å². The Labute approximate surface area is 109 Å². The Bertz CT molecular complexity index is 506. The molecule has 3 nitrogen and oxygen atoms in total. The van der Waals surface area contributed by atoms with Crippen LogP contribution in [0.5, 0.6) is 0 Å². The van der Waals surface area contributed by atoms with E-state index in [1.54, 1.807) is 18.5 Å². The third kappa shape index (κ3) is 3.19. The third-order valence-corrected chi connectivity index (χ3v) is 2.68.